The van der Waals surface area contributed by atoms with Crippen LogP contribution in [0.15, 0.2) is 54.6 Å². The number of nitrogens with two attached hydrogens (primary N) is 1. The number of aromatic nitrogens is 2. The Morgan fingerprint density at radius 2 is 1.82 bits per heavy atom. The molecule has 146 valence electrons. The van der Waals surface area contributed by atoms with E-state index in [1.54, 1.807) is 6.08 Å². The van der Waals surface area contributed by atoms with Gasteiger partial charge in [-0.2, -0.15) is 0 Å². The molecule has 3 aromatic rings. The van der Waals surface area contributed by atoms with Crippen LogP contribution in [-0.4, -0.2) is 9.55 Å². The zero-order valence-electron chi connectivity index (χ0n) is 16.5. The van der Waals surface area contributed by atoms with Crippen molar-refractivity contribution in [2.24, 2.45) is 5.92 Å². The van der Waals surface area contributed by atoms with E-state index >= 15 is 0 Å². The molecule has 0 fully saturated rings. The first-order valence-corrected chi connectivity index (χ1v) is 9.36. The molecule has 0 radical (unpaired) electrons. The third-order valence-corrected chi connectivity index (χ3v) is 4.85. The molecular weight excluding hydrogens is 356 g/mol. The van der Waals surface area contributed by atoms with Crippen molar-refractivity contribution >= 4 is 22.6 Å². The van der Waals surface area contributed by atoms with Crippen molar-refractivity contribution in [1.29, 1.82) is 0 Å². The molecule has 0 spiro atoms. The van der Waals surface area contributed by atoms with Gasteiger partial charge in [-0.05, 0) is 65.8 Å². The van der Waals surface area contributed by atoms with Gasteiger partial charge in [-0.25, -0.2) is 13.8 Å². The summed E-state index contributed by atoms with van der Waals surface area (Å²) in [6, 6.07) is 9.30. The molecule has 3 rings (SSSR count). The van der Waals surface area contributed by atoms with E-state index in [-0.39, 0.29) is 0 Å². The van der Waals surface area contributed by atoms with Crippen LogP contribution in [0.5, 0.6) is 0 Å². The average molecular weight is 381 g/mol. The molecule has 0 aliphatic rings. The monoisotopic (exact) mass is 381 g/mol. The fourth-order valence-electron chi connectivity index (χ4n) is 3.34. The van der Waals surface area contributed by atoms with Crippen LogP contribution in [-0.2, 0) is 6.54 Å². The quantitative estimate of drug-likeness (QED) is 0.536. The van der Waals surface area contributed by atoms with Gasteiger partial charge in [0.2, 0.25) is 5.95 Å². The Morgan fingerprint density at radius 3 is 2.43 bits per heavy atom. The van der Waals surface area contributed by atoms with Gasteiger partial charge < -0.3 is 10.3 Å². The van der Waals surface area contributed by atoms with Crippen molar-refractivity contribution in [3.63, 3.8) is 0 Å². The van der Waals surface area contributed by atoms with Crippen LogP contribution in [0.25, 0.3) is 16.6 Å². The summed E-state index contributed by atoms with van der Waals surface area (Å²) >= 11 is 0. The summed E-state index contributed by atoms with van der Waals surface area (Å²) in [5.41, 5.74) is 10.7. The van der Waals surface area contributed by atoms with Gasteiger partial charge in [0, 0.05) is 12.6 Å². The van der Waals surface area contributed by atoms with Gasteiger partial charge in [0.1, 0.15) is 11.6 Å². The molecule has 0 bridgehead atoms. The molecule has 1 heterocycles. The number of imidazole rings is 1. The molecule has 0 saturated heterocycles. The maximum absolute atomic E-state index is 13.8. The summed E-state index contributed by atoms with van der Waals surface area (Å²) in [7, 11) is 0. The molecule has 0 saturated carbocycles. The molecule has 0 aliphatic heterocycles. The number of fused-ring (bicyclic) bond motifs is 1. The minimum Gasteiger partial charge on any atom is -0.369 e. The van der Waals surface area contributed by atoms with Crippen LogP contribution >= 0.6 is 0 Å². The second-order valence-electron chi connectivity index (χ2n) is 7.43. The van der Waals surface area contributed by atoms with Gasteiger partial charge in [0.15, 0.2) is 0 Å². The summed E-state index contributed by atoms with van der Waals surface area (Å²) in [5.74, 6) is -0.224. The molecule has 5 heteroatoms. The highest BCUT2D eigenvalue weighted by molar-refractivity contribution is 5.89. The zero-order valence-corrected chi connectivity index (χ0v) is 16.5. The predicted octanol–water partition coefficient (Wildman–Crippen LogP) is 5.95. The number of benzene rings is 2. The lowest BCUT2D eigenvalue weighted by atomic mass is 9.93. The minimum absolute atomic E-state index is 0.468. The van der Waals surface area contributed by atoms with E-state index in [0.29, 0.717) is 17.4 Å². The largest absolute Gasteiger partial charge is 0.369 e. The number of hydrogen-bond acceptors (Lipinski definition) is 2. The Hall–Kier alpha value is -2.95. The first-order chi connectivity index (χ1) is 13.3. The Bertz CT molecular complexity index is 1040. The number of aryl methyl sites for hydroxylation is 1. The van der Waals surface area contributed by atoms with E-state index in [2.05, 4.69) is 25.4 Å². The molecule has 0 atom stereocenters. The van der Waals surface area contributed by atoms with Crippen molar-refractivity contribution < 1.29 is 8.78 Å². The molecule has 3 nitrogen and oxygen atoms in total. The fraction of sp³-hybridized carbons (Fsp3) is 0.261. The summed E-state index contributed by atoms with van der Waals surface area (Å²) in [6.07, 6.45) is 2.66. The Balaban J connectivity index is 2.18. The minimum atomic E-state index is -0.614. The molecular formula is C23H25F2N3. The molecule has 0 amide bonds. The highest BCUT2D eigenvalue weighted by Gasteiger charge is 2.15. The van der Waals surface area contributed by atoms with E-state index < -0.39 is 11.6 Å². The van der Waals surface area contributed by atoms with Crippen LogP contribution in [0.4, 0.5) is 14.7 Å². The fourth-order valence-corrected chi connectivity index (χ4v) is 3.34. The first kappa shape index (κ1) is 19.8. The van der Waals surface area contributed by atoms with Gasteiger partial charge in [0.05, 0.1) is 11.0 Å². The second-order valence-corrected chi connectivity index (χ2v) is 7.43. The van der Waals surface area contributed by atoms with E-state index in [1.165, 1.54) is 12.1 Å². The standard InChI is InChI=1S/C23H25F2N3/c1-5-15(4)22(17-10-18(24)13-19(25)11-17)16-6-7-20-21(12-16)28(23(26)27-20)9-8-14(2)3/h5-7,10-14H,1,8-9H2,2-4H3,(H2,26,27)/b22-15-. The third-order valence-electron chi connectivity index (χ3n) is 4.85. The third kappa shape index (κ3) is 3.98. The lowest BCUT2D eigenvalue weighted by Crippen LogP contribution is -2.05. The topological polar surface area (TPSA) is 43.8 Å². The van der Waals surface area contributed by atoms with Crippen LogP contribution in [0.2, 0.25) is 0 Å². The van der Waals surface area contributed by atoms with Crippen molar-refractivity contribution in [2.75, 3.05) is 5.73 Å². The number of nitrogens with zero attached hydrogens (tertiary/aromatic N) is 2. The van der Waals surface area contributed by atoms with Crippen molar-refractivity contribution in [1.82, 2.24) is 9.55 Å². The molecule has 1 aromatic heterocycles. The summed E-state index contributed by atoms with van der Waals surface area (Å²) in [5, 5.41) is 0. The van der Waals surface area contributed by atoms with Gasteiger partial charge in [0.25, 0.3) is 0 Å². The second kappa shape index (κ2) is 7.97. The number of hydrogen-bond donors (Lipinski definition) is 1. The van der Waals surface area contributed by atoms with Gasteiger partial charge >= 0.3 is 0 Å². The Labute approximate surface area is 164 Å². The van der Waals surface area contributed by atoms with E-state index in [0.717, 1.165) is 46.8 Å². The van der Waals surface area contributed by atoms with Crippen LogP contribution in [0.3, 0.4) is 0 Å². The Kier molecular flexibility index (Phi) is 5.63. The highest BCUT2D eigenvalue weighted by atomic mass is 19.1. The summed E-state index contributed by atoms with van der Waals surface area (Å²) < 4.78 is 29.7. The van der Waals surface area contributed by atoms with Crippen LogP contribution < -0.4 is 5.73 Å². The van der Waals surface area contributed by atoms with Crippen LogP contribution in [0.1, 0.15) is 38.3 Å². The molecule has 0 aliphatic carbocycles. The normalized spacial score (nSPS) is 12.5. The Morgan fingerprint density at radius 1 is 1.14 bits per heavy atom. The van der Waals surface area contributed by atoms with Gasteiger partial charge in [-0.3, -0.25) is 0 Å². The molecule has 2 N–H and O–H groups in total. The smallest absolute Gasteiger partial charge is 0.201 e. The first-order valence-electron chi connectivity index (χ1n) is 9.36. The zero-order chi connectivity index (χ0) is 20.4. The number of rotatable bonds is 6. The van der Waals surface area contributed by atoms with Gasteiger partial charge in [-0.1, -0.05) is 32.6 Å². The number of anilines is 1. The van der Waals surface area contributed by atoms with Crippen LogP contribution in [0, 0.1) is 17.6 Å². The maximum atomic E-state index is 13.8. The van der Waals surface area contributed by atoms with Crippen molar-refractivity contribution in [3.8, 4) is 0 Å². The molecule has 2 aromatic carbocycles. The average Bonchev–Trinajstić information content (AvgIpc) is 2.93. The number of halogens is 2. The predicted molar refractivity (Wildman–Crippen MR) is 112 cm³/mol. The highest BCUT2D eigenvalue weighted by Crippen LogP contribution is 2.31. The molecule has 28 heavy (non-hydrogen) atoms. The molecule has 0 unspecified atom stereocenters. The number of nitrogen functional groups attached to an aromatic ring is 1. The maximum Gasteiger partial charge on any atom is 0.201 e. The number of allylic oxidation sites excluding steroid dienone is 2. The van der Waals surface area contributed by atoms with E-state index in [9.17, 15) is 8.78 Å². The van der Waals surface area contributed by atoms with E-state index in [1.807, 2.05) is 29.7 Å². The van der Waals surface area contributed by atoms with Crippen molar-refractivity contribution in [2.45, 2.75) is 33.7 Å². The van der Waals surface area contributed by atoms with Gasteiger partial charge in [-0.15, -0.1) is 0 Å². The summed E-state index contributed by atoms with van der Waals surface area (Å²) in [4.78, 5) is 4.44. The SMILES string of the molecule is C=C/C(C)=C(\c1cc(F)cc(F)c1)c1ccc2nc(N)n(CCC(C)C)c2c1. The van der Waals surface area contributed by atoms with Crippen molar-refractivity contribution in [3.05, 3.63) is 77.4 Å². The summed E-state index contributed by atoms with van der Waals surface area (Å²) in [6.45, 7) is 10.8. The lowest BCUT2D eigenvalue weighted by Gasteiger charge is -2.13. The van der Waals surface area contributed by atoms with E-state index in [4.69, 9.17) is 5.73 Å². The lowest BCUT2D eigenvalue weighted by molar-refractivity contribution is 0.526.